The lowest BCUT2D eigenvalue weighted by Gasteiger charge is -2.09. The van der Waals surface area contributed by atoms with Crippen LogP contribution in [0.15, 0.2) is 77.3 Å². The zero-order valence-corrected chi connectivity index (χ0v) is 17.0. The molecule has 1 N–H and O–H groups in total. The Labute approximate surface area is 168 Å². The van der Waals surface area contributed by atoms with E-state index in [1.807, 2.05) is 60.7 Å². The average Bonchev–Trinajstić information content (AvgIpc) is 2.63. The molecule has 3 aromatic rings. The maximum absolute atomic E-state index is 12.4. The molecule has 0 bridgehead atoms. The first-order valence-electron chi connectivity index (χ1n) is 7.65. The molecule has 0 fully saturated rings. The number of carbonyl (C=O) groups is 1. The minimum absolute atomic E-state index is 0.144. The number of hydrogen-bond acceptors (Lipinski definition) is 2. The number of ether oxygens (including phenoxy) is 1. The number of rotatable bonds is 5. The van der Waals surface area contributed by atoms with Gasteiger partial charge in [-0.05, 0) is 70.6 Å². The molecular formula is C20H15BrINO2. The maximum atomic E-state index is 12.4. The van der Waals surface area contributed by atoms with Gasteiger partial charge in [0.15, 0.2) is 0 Å². The Morgan fingerprint density at radius 2 is 1.72 bits per heavy atom. The van der Waals surface area contributed by atoms with E-state index in [0.29, 0.717) is 12.2 Å². The van der Waals surface area contributed by atoms with Crippen molar-refractivity contribution in [3.63, 3.8) is 0 Å². The van der Waals surface area contributed by atoms with Crippen LogP contribution in [-0.4, -0.2) is 5.91 Å². The van der Waals surface area contributed by atoms with Crippen LogP contribution in [-0.2, 0) is 6.61 Å². The van der Waals surface area contributed by atoms with Gasteiger partial charge >= 0.3 is 0 Å². The number of halogens is 2. The monoisotopic (exact) mass is 507 g/mol. The topological polar surface area (TPSA) is 38.3 Å². The maximum Gasteiger partial charge on any atom is 0.255 e. The van der Waals surface area contributed by atoms with E-state index < -0.39 is 0 Å². The van der Waals surface area contributed by atoms with E-state index in [4.69, 9.17) is 4.74 Å². The van der Waals surface area contributed by atoms with Crippen molar-refractivity contribution in [2.75, 3.05) is 5.32 Å². The van der Waals surface area contributed by atoms with Gasteiger partial charge in [-0.3, -0.25) is 4.79 Å². The summed E-state index contributed by atoms with van der Waals surface area (Å²) in [7, 11) is 0. The van der Waals surface area contributed by atoms with Crippen LogP contribution in [0, 0.1) is 3.57 Å². The van der Waals surface area contributed by atoms with Crippen LogP contribution in [0.5, 0.6) is 5.75 Å². The Bertz CT molecular complexity index is 867. The van der Waals surface area contributed by atoms with Gasteiger partial charge in [0.05, 0.1) is 5.69 Å². The van der Waals surface area contributed by atoms with Crippen molar-refractivity contribution in [2.45, 2.75) is 6.61 Å². The molecule has 0 aliphatic rings. The zero-order valence-electron chi connectivity index (χ0n) is 13.2. The number of anilines is 1. The standard InChI is InChI=1S/C20H15BrINO2/c21-16-8-11-19(18(22)12-16)23-20(24)15-6-9-17(10-7-15)25-13-14-4-2-1-3-5-14/h1-12H,13H2,(H,23,24). The van der Waals surface area contributed by atoms with Crippen molar-refractivity contribution in [1.29, 1.82) is 0 Å². The smallest absolute Gasteiger partial charge is 0.255 e. The summed E-state index contributed by atoms with van der Waals surface area (Å²) in [6.07, 6.45) is 0. The van der Waals surface area contributed by atoms with Gasteiger partial charge in [-0.25, -0.2) is 0 Å². The molecule has 0 aromatic heterocycles. The van der Waals surface area contributed by atoms with Gasteiger partial charge in [-0.1, -0.05) is 46.3 Å². The number of benzene rings is 3. The first kappa shape index (κ1) is 17.9. The van der Waals surface area contributed by atoms with Gasteiger partial charge in [0.25, 0.3) is 5.91 Å². The predicted molar refractivity (Wildman–Crippen MR) is 112 cm³/mol. The van der Waals surface area contributed by atoms with Gasteiger partial charge in [-0.15, -0.1) is 0 Å². The molecule has 0 heterocycles. The number of amides is 1. The van der Waals surface area contributed by atoms with Gasteiger partial charge in [0.1, 0.15) is 12.4 Å². The van der Waals surface area contributed by atoms with Gasteiger partial charge in [-0.2, -0.15) is 0 Å². The molecule has 126 valence electrons. The van der Waals surface area contributed by atoms with Crippen LogP contribution in [0.3, 0.4) is 0 Å². The van der Waals surface area contributed by atoms with E-state index in [-0.39, 0.29) is 5.91 Å². The second kappa shape index (κ2) is 8.49. The third-order valence-corrected chi connectivity index (χ3v) is 4.93. The fourth-order valence-corrected chi connectivity index (χ4v) is 3.67. The molecule has 0 spiro atoms. The van der Waals surface area contributed by atoms with E-state index in [1.54, 1.807) is 12.1 Å². The average molecular weight is 508 g/mol. The van der Waals surface area contributed by atoms with E-state index in [9.17, 15) is 4.79 Å². The Morgan fingerprint density at radius 1 is 1.00 bits per heavy atom. The molecular weight excluding hydrogens is 493 g/mol. The molecule has 0 aliphatic heterocycles. The summed E-state index contributed by atoms with van der Waals surface area (Å²) in [5.41, 5.74) is 2.48. The normalized spacial score (nSPS) is 10.3. The summed E-state index contributed by atoms with van der Waals surface area (Å²) >= 11 is 5.61. The molecule has 5 heteroatoms. The van der Waals surface area contributed by atoms with Crippen LogP contribution in [0.2, 0.25) is 0 Å². The molecule has 0 aliphatic carbocycles. The summed E-state index contributed by atoms with van der Waals surface area (Å²) < 4.78 is 7.70. The summed E-state index contributed by atoms with van der Waals surface area (Å²) in [5.74, 6) is 0.591. The lowest BCUT2D eigenvalue weighted by Crippen LogP contribution is -2.12. The Morgan fingerprint density at radius 3 is 2.40 bits per heavy atom. The van der Waals surface area contributed by atoms with Crippen molar-refractivity contribution in [1.82, 2.24) is 0 Å². The highest BCUT2D eigenvalue weighted by Gasteiger charge is 2.09. The molecule has 0 atom stereocenters. The fourth-order valence-electron chi connectivity index (χ4n) is 2.23. The Hall–Kier alpha value is -1.86. The summed E-state index contributed by atoms with van der Waals surface area (Å²) in [6.45, 7) is 0.503. The zero-order chi connectivity index (χ0) is 17.6. The Kier molecular flexibility index (Phi) is 6.09. The highest BCUT2D eigenvalue weighted by atomic mass is 127. The van der Waals surface area contributed by atoms with Crippen molar-refractivity contribution in [3.05, 3.63) is 92.0 Å². The summed E-state index contributed by atoms with van der Waals surface area (Å²) in [6, 6.07) is 22.9. The SMILES string of the molecule is O=C(Nc1ccc(Br)cc1I)c1ccc(OCc2ccccc2)cc1. The highest BCUT2D eigenvalue weighted by Crippen LogP contribution is 2.23. The van der Waals surface area contributed by atoms with Crippen LogP contribution < -0.4 is 10.1 Å². The minimum Gasteiger partial charge on any atom is -0.489 e. The first-order chi connectivity index (χ1) is 12.1. The molecule has 1 amide bonds. The van der Waals surface area contributed by atoms with Crippen LogP contribution in [0.4, 0.5) is 5.69 Å². The van der Waals surface area contributed by atoms with Crippen molar-refractivity contribution < 1.29 is 9.53 Å². The second-order valence-electron chi connectivity index (χ2n) is 5.38. The highest BCUT2D eigenvalue weighted by molar-refractivity contribution is 14.1. The third-order valence-electron chi connectivity index (χ3n) is 3.54. The van der Waals surface area contributed by atoms with E-state index in [1.165, 1.54) is 0 Å². The van der Waals surface area contributed by atoms with Crippen molar-refractivity contribution in [2.24, 2.45) is 0 Å². The molecule has 0 saturated heterocycles. The summed E-state index contributed by atoms with van der Waals surface area (Å²) in [5, 5.41) is 2.92. The summed E-state index contributed by atoms with van der Waals surface area (Å²) in [4.78, 5) is 12.4. The third kappa shape index (κ3) is 5.06. The van der Waals surface area contributed by atoms with Crippen LogP contribution >= 0.6 is 38.5 Å². The van der Waals surface area contributed by atoms with Crippen LogP contribution in [0.25, 0.3) is 0 Å². The number of carbonyl (C=O) groups excluding carboxylic acids is 1. The molecule has 3 aromatic carbocycles. The number of hydrogen-bond donors (Lipinski definition) is 1. The quantitative estimate of drug-likeness (QED) is 0.437. The predicted octanol–water partition coefficient (Wildman–Crippen LogP) is 5.89. The molecule has 0 saturated carbocycles. The lowest BCUT2D eigenvalue weighted by molar-refractivity contribution is 0.102. The van der Waals surface area contributed by atoms with Crippen molar-refractivity contribution >= 4 is 50.1 Å². The van der Waals surface area contributed by atoms with E-state index in [0.717, 1.165) is 25.0 Å². The van der Waals surface area contributed by atoms with E-state index in [2.05, 4.69) is 43.8 Å². The second-order valence-corrected chi connectivity index (χ2v) is 7.45. The molecule has 0 unspecified atom stereocenters. The molecule has 25 heavy (non-hydrogen) atoms. The molecule has 3 nitrogen and oxygen atoms in total. The largest absolute Gasteiger partial charge is 0.489 e. The van der Waals surface area contributed by atoms with E-state index >= 15 is 0 Å². The Balaban J connectivity index is 1.62. The lowest BCUT2D eigenvalue weighted by atomic mass is 10.2. The molecule has 3 rings (SSSR count). The van der Waals surface area contributed by atoms with Gasteiger partial charge in [0.2, 0.25) is 0 Å². The fraction of sp³-hybridized carbons (Fsp3) is 0.0500. The first-order valence-corrected chi connectivity index (χ1v) is 9.52. The molecule has 0 radical (unpaired) electrons. The minimum atomic E-state index is -0.144. The number of nitrogens with one attached hydrogen (secondary N) is 1. The van der Waals surface area contributed by atoms with Crippen LogP contribution in [0.1, 0.15) is 15.9 Å². The van der Waals surface area contributed by atoms with Crippen molar-refractivity contribution in [3.8, 4) is 5.75 Å². The van der Waals surface area contributed by atoms with Gasteiger partial charge in [0, 0.05) is 13.6 Å². The van der Waals surface area contributed by atoms with Gasteiger partial charge < -0.3 is 10.1 Å².